The Bertz CT molecular complexity index is 919. The van der Waals surface area contributed by atoms with Gasteiger partial charge in [0.2, 0.25) is 5.75 Å². The lowest BCUT2D eigenvalue weighted by Gasteiger charge is -2.22. The summed E-state index contributed by atoms with van der Waals surface area (Å²) in [6, 6.07) is 7.84. The maximum atomic E-state index is 6.28. The minimum absolute atomic E-state index is 0.496. The first-order valence-electron chi connectivity index (χ1n) is 9.14. The van der Waals surface area contributed by atoms with E-state index in [4.69, 9.17) is 18.6 Å². The van der Waals surface area contributed by atoms with Crippen LogP contribution in [0.15, 0.2) is 34.9 Å². The molecule has 0 spiro atoms. The lowest BCUT2D eigenvalue weighted by molar-refractivity contribution is 0.324. The number of furan rings is 1. The van der Waals surface area contributed by atoms with Crippen molar-refractivity contribution in [2.75, 3.05) is 34.4 Å². The van der Waals surface area contributed by atoms with Crippen LogP contribution >= 0.6 is 0 Å². The Hall–Kier alpha value is -2.73. The van der Waals surface area contributed by atoms with Gasteiger partial charge in [-0.15, -0.1) is 0 Å². The van der Waals surface area contributed by atoms with Gasteiger partial charge in [-0.1, -0.05) is 0 Å². The molecule has 6 nitrogen and oxygen atoms in total. The summed E-state index contributed by atoms with van der Waals surface area (Å²) in [7, 11) is 4.81. The van der Waals surface area contributed by atoms with Gasteiger partial charge in [-0.3, -0.25) is 4.98 Å². The monoisotopic (exact) mass is 368 g/mol. The lowest BCUT2D eigenvalue weighted by atomic mass is 9.90. The van der Waals surface area contributed by atoms with Gasteiger partial charge in [-0.25, -0.2) is 0 Å². The van der Waals surface area contributed by atoms with Crippen LogP contribution in [-0.4, -0.2) is 39.4 Å². The van der Waals surface area contributed by atoms with Gasteiger partial charge in [0.25, 0.3) is 0 Å². The molecule has 3 aromatic rings. The molecule has 2 aromatic heterocycles. The zero-order valence-electron chi connectivity index (χ0n) is 15.9. The molecule has 27 heavy (non-hydrogen) atoms. The summed E-state index contributed by atoms with van der Waals surface area (Å²) in [5, 5.41) is 3.41. The molecule has 1 N–H and O–H groups in total. The highest BCUT2D eigenvalue weighted by Gasteiger charge is 2.22. The van der Waals surface area contributed by atoms with Gasteiger partial charge in [-0.05, 0) is 50.0 Å². The number of benzene rings is 1. The summed E-state index contributed by atoms with van der Waals surface area (Å²) in [5.41, 5.74) is 3.84. The number of fused-ring (bicyclic) bond motifs is 1. The fourth-order valence-electron chi connectivity index (χ4n) is 3.78. The second-order valence-corrected chi connectivity index (χ2v) is 6.66. The molecule has 3 heterocycles. The number of hydrogen-bond donors (Lipinski definition) is 1. The average molecular weight is 368 g/mol. The first-order chi connectivity index (χ1) is 13.2. The fraction of sp³-hybridized carbons (Fsp3) is 0.381. The van der Waals surface area contributed by atoms with Crippen molar-refractivity contribution in [3.8, 4) is 28.6 Å². The summed E-state index contributed by atoms with van der Waals surface area (Å²) >= 11 is 0. The predicted molar refractivity (Wildman–Crippen MR) is 104 cm³/mol. The average Bonchev–Trinajstić information content (AvgIpc) is 3.17. The van der Waals surface area contributed by atoms with Gasteiger partial charge in [0.1, 0.15) is 11.3 Å². The molecule has 6 heteroatoms. The molecular weight excluding hydrogens is 344 g/mol. The van der Waals surface area contributed by atoms with Crippen molar-refractivity contribution in [2.24, 2.45) is 0 Å². The molecule has 1 aromatic carbocycles. The van der Waals surface area contributed by atoms with Crippen molar-refractivity contribution >= 4 is 11.1 Å². The number of nitrogens with zero attached hydrogens (tertiary/aromatic N) is 1. The Balaban J connectivity index is 1.81. The van der Waals surface area contributed by atoms with E-state index in [0.717, 1.165) is 48.4 Å². The number of nitrogens with one attached hydrogen (secondary N) is 1. The first-order valence-corrected chi connectivity index (χ1v) is 9.14. The maximum Gasteiger partial charge on any atom is 0.203 e. The Morgan fingerprint density at radius 1 is 1.00 bits per heavy atom. The Kier molecular flexibility index (Phi) is 4.90. The van der Waals surface area contributed by atoms with E-state index in [1.165, 1.54) is 5.56 Å². The number of piperidine rings is 1. The molecule has 1 aliphatic heterocycles. The summed E-state index contributed by atoms with van der Waals surface area (Å²) < 4.78 is 22.6. The van der Waals surface area contributed by atoms with Gasteiger partial charge < -0.3 is 23.9 Å². The summed E-state index contributed by atoms with van der Waals surface area (Å²) in [4.78, 5) is 4.51. The van der Waals surface area contributed by atoms with Crippen LogP contribution < -0.4 is 19.5 Å². The van der Waals surface area contributed by atoms with E-state index in [1.807, 2.05) is 24.4 Å². The fourth-order valence-corrected chi connectivity index (χ4v) is 3.78. The second-order valence-electron chi connectivity index (χ2n) is 6.66. The molecule has 1 fully saturated rings. The molecule has 0 amide bonds. The third kappa shape index (κ3) is 3.21. The van der Waals surface area contributed by atoms with E-state index < -0.39 is 0 Å². The molecule has 0 aliphatic carbocycles. The Labute approximate surface area is 158 Å². The van der Waals surface area contributed by atoms with Gasteiger partial charge >= 0.3 is 0 Å². The summed E-state index contributed by atoms with van der Waals surface area (Å²) in [5.74, 6) is 2.99. The zero-order valence-corrected chi connectivity index (χ0v) is 15.9. The molecule has 0 unspecified atom stereocenters. The van der Waals surface area contributed by atoms with Crippen LogP contribution in [0.3, 0.4) is 0 Å². The van der Waals surface area contributed by atoms with E-state index in [2.05, 4.69) is 16.4 Å². The summed E-state index contributed by atoms with van der Waals surface area (Å²) in [6.07, 6.45) is 4.09. The van der Waals surface area contributed by atoms with Crippen LogP contribution in [0.2, 0.25) is 0 Å². The maximum absolute atomic E-state index is 6.28. The molecule has 0 saturated carbocycles. The molecule has 1 aliphatic rings. The van der Waals surface area contributed by atoms with Gasteiger partial charge in [-0.2, -0.15) is 0 Å². The zero-order chi connectivity index (χ0) is 18.8. The van der Waals surface area contributed by atoms with Crippen molar-refractivity contribution in [1.82, 2.24) is 10.3 Å². The van der Waals surface area contributed by atoms with Crippen LogP contribution in [0, 0.1) is 0 Å². The number of pyridine rings is 1. The molecule has 0 bridgehead atoms. The topological polar surface area (TPSA) is 65.8 Å². The highest BCUT2D eigenvalue weighted by molar-refractivity contribution is 5.83. The van der Waals surface area contributed by atoms with Crippen molar-refractivity contribution < 1.29 is 18.6 Å². The van der Waals surface area contributed by atoms with E-state index in [9.17, 15) is 0 Å². The molecule has 4 rings (SSSR count). The van der Waals surface area contributed by atoms with Crippen LogP contribution in [0.4, 0.5) is 0 Å². The quantitative estimate of drug-likeness (QED) is 0.735. The van der Waals surface area contributed by atoms with Crippen LogP contribution in [0.1, 0.15) is 24.3 Å². The predicted octanol–water partition coefficient (Wildman–Crippen LogP) is 3.99. The van der Waals surface area contributed by atoms with Crippen molar-refractivity contribution in [2.45, 2.75) is 18.8 Å². The van der Waals surface area contributed by atoms with Crippen molar-refractivity contribution in [3.05, 3.63) is 36.0 Å². The highest BCUT2D eigenvalue weighted by Crippen LogP contribution is 2.42. The Morgan fingerprint density at radius 3 is 2.33 bits per heavy atom. The molecule has 1 saturated heterocycles. The van der Waals surface area contributed by atoms with Gasteiger partial charge in [0.15, 0.2) is 17.1 Å². The van der Waals surface area contributed by atoms with Gasteiger partial charge in [0, 0.05) is 23.4 Å². The minimum atomic E-state index is 0.496. The number of rotatable bonds is 5. The van der Waals surface area contributed by atoms with E-state index in [1.54, 1.807) is 21.3 Å². The standard InChI is InChI=1S/C21H24N2O4/c1-24-18-10-14(11-19(25-2)21(18)26-3)17-12-16-20(27-17)15(6-9-23-16)13-4-7-22-8-5-13/h6,9-13,22H,4-5,7-8H2,1-3H3. The lowest BCUT2D eigenvalue weighted by Crippen LogP contribution is -2.26. The second kappa shape index (κ2) is 7.48. The molecule has 0 radical (unpaired) electrons. The molecule has 0 atom stereocenters. The number of methoxy groups -OCH3 is 3. The normalized spacial score (nSPS) is 15.1. The van der Waals surface area contributed by atoms with Crippen LogP contribution in [-0.2, 0) is 0 Å². The summed E-state index contributed by atoms with van der Waals surface area (Å²) in [6.45, 7) is 2.07. The van der Waals surface area contributed by atoms with Crippen molar-refractivity contribution in [3.63, 3.8) is 0 Å². The first kappa shape index (κ1) is 17.7. The van der Waals surface area contributed by atoms with E-state index in [-0.39, 0.29) is 0 Å². The number of aromatic nitrogens is 1. The Morgan fingerprint density at radius 2 is 1.70 bits per heavy atom. The van der Waals surface area contributed by atoms with E-state index in [0.29, 0.717) is 23.2 Å². The van der Waals surface area contributed by atoms with Crippen LogP contribution in [0.5, 0.6) is 17.2 Å². The smallest absolute Gasteiger partial charge is 0.203 e. The van der Waals surface area contributed by atoms with Crippen molar-refractivity contribution in [1.29, 1.82) is 0 Å². The van der Waals surface area contributed by atoms with Gasteiger partial charge in [0.05, 0.1) is 21.3 Å². The number of ether oxygens (including phenoxy) is 3. The molecule has 142 valence electrons. The third-order valence-electron chi connectivity index (χ3n) is 5.17. The van der Waals surface area contributed by atoms with E-state index >= 15 is 0 Å². The SMILES string of the molecule is COc1cc(-c2cc3nccc(C4CCNCC4)c3o2)cc(OC)c1OC. The third-order valence-corrected chi connectivity index (χ3v) is 5.17. The molecular formula is C21H24N2O4. The largest absolute Gasteiger partial charge is 0.493 e. The van der Waals surface area contributed by atoms with Crippen LogP contribution in [0.25, 0.3) is 22.4 Å². The minimum Gasteiger partial charge on any atom is -0.493 e. The number of hydrogen-bond acceptors (Lipinski definition) is 6. The highest BCUT2D eigenvalue weighted by atomic mass is 16.5.